The summed E-state index contributed by atoms with van der Waals surface area (Å²) in [4.78, 5) is 32.2. The highest BCUT2D eigenvalue weighted by Gasteiger charge is 2.36. The van der Waals surface area contributed by atoms with Crippen molar-refractivity contribution in [2.75, 3.05) is 18.5 Å². The van der Waals surface area contributed by atoms with Gasteiger partial charge in [0.2, 0.25) is 11.8 Å². The van der Waals surface area contributed by atoms with E-state index in [1.54, 1.807) is 42.1 Å². The van der Waals surface area contributed by atoms with E-state index < -0.39 is 0 Å². The summed E-state index contributed by atoms with van der Waals surface area (Å²) < 4.78 is 1.65. The lowest BCUT2D eigenvalue weighted by atomic mass is 10.1. The zero-order valence-electron chi connectivity index (χ0n) is 13.2. The molecule has 3 heterocycles. The first-order valence-corrected chi connectivity index (χ1v) is 7.49. The van der Waals surface area contributed by atoms with Gasteiger partial charge in [-0.1, -0.05) is 6.07 Å². The first-order valence-electron chi connectivity index (χ1n) is 7.49. The van der Waals surface area contributed by atoms with Crippen molar-refractivity contribution in [1.82, 2.24) is 19.7 Å². The number of hydrogen-bond acceptors (Lipinski definition) is 4. The van der Waals surface area contributed by atoms with Crippen LogP contribution in [-0.4, -0.2) is 45.1 Å². The summed E-state index contributed by atoms with van der Waals surface area (Å²) in [7, 11) is 3.49. The van der Waals surface area contributed by atoms with Gasteiger partial charge < -0.3 is 4.90 Å². The minimum absolute atomic E-state index is 0.0107. The molecule has 7 nitrogen and oxygen atoms in total. The van der Waals surface area contributed by atoms with Gasteiger partial charge in [0.15, 0.2) is 5.82 Å². The minimum Gasteiger partial charge on any atom is -0.336 e. The Bertz CT molecular complexity index is 712. The highest BCUT2D eigenvalue weighted by atomic mass is 16.2. The second-order valence-corrected chi connectivity index (χ2v) is 5.74. The van der Waals surface area contributed by atoms with Crippen LogP contribution in [0.15, 0.2) is 36.7 Å². The van der Waals surface area contributed by atoms with E-state index in [0.29, 0.717) is 18.9 Å². The Morgan fingerprint density at radius 1 is 1.39 bits per heavy atom. The van der Waals surface area contributed by atoms with Gasteiger partial charge in [-0.15, -0.1) is 0 Å². The Morgan fingerprint density at radius 3 is 2.87 bits per heavy atom. The van der Waals surface area contributed by atoms with Crippen molar-refractivity contribution in [3.8, 4) is 0 Å². The van der Waals surface area contributed by atoms with E-state index in [9.17, 15) is 9.59 Å². The monoisotopic (exact) mass is 313 g/mol. The fourth-order valence-corrected chi connectivity index (χ4v) is 2.75. The molecule has 23 heavy (non-hydrogen) atoms. The van der Waals surface area contributed by atoms with Crippen molar-refractivity contribution in [3.05, 3.63) is 42.4 Å². The highest BCUT2D eigenvalue weighted by molar-refractivity contribution is 5.98. The number of aromatic nitrogens is 3. The molecular weight excluding hydrogens is 294 g/mol. The van der Waals surface area contributed by atoms with Gasteiger partial charge in [-0.3, -0.25) is 24.2 Å². The van der Waals surface area contributed by atoms with E-state index in [4.69, 9.17) is 0 Å². The number of nitrogens with zero attached hydrogens (tertiary/aromatic N) is 5. The smallest absolute Gasteiger partial charge is 0.233 e. The van der Waals surface area contributed by atoms with Crippen molar-refractivity contribution in [1.29, 1.82) is 0 Å². The number of carbonyl (C=O) groups is 2. The molecule has 1 saturated heterocycles. The first-order chi connectivity index (χ1) is 11.0. The molecule has 0 radical (unpaired) electrons. The largest absolute Gasteiger partial charge is 0.336 e. The van der Waals surface area contributed by atoms with Crippen LogP contribution in [0.25, 0.3) is 0 Å². The van der Waals surface area contributed by atoms with Crippen LogP contribution in [0.1, 0.15) is 12.1 Å². The maximum Gasteiger partial charge on any atom is 0.233 e. The van der Waals surface area contributed by atoms with Crippen molar-refractivity contribution < 1.29 is 9.59 Å². The Kier molecular flexibility index (Phi) is 4.10. The minimum atomic E-state index is -0.335. The van der Waals surface area contributed by atoms with E-state index in [-0.39, 0.29) is 24.2 Å². The van der Waals surface area contributed by atoms with Crippen molar-refractivity contribution >= 4 is 17.6 Å². The zero-order chi connectivity index (χ0) is 16.4. The van der Waals surface area contributed by atoms with E-state index >= 15 is 0 Å². The summed E-state index contributed by atoms with van der Waals surface area (Å²) in [5.41, 5.74) is 0.826. The van der Waals surface area contributed by atoms with E-state index in [1.165, 1.54) is 4.90 Å². The van der Waals surface area contributed by atoms with Gasteiger partial charge >= 0.3 is 0 Å². The molecule has 0 aromatic carbocycles. The lowest BCUT2D eigenvalue weighted by molar-refractivity contribution is -0.128. The Balaban J connectivity index is 1.66. The van der Waals surface area contributed by atoms with Gasteiger partial charge in [0.1, 0.15) is 0 Å². The van der Waals surface area contributed by atoms with E-state index in [2.05, 4.69) is 10.1 Å². The molecule has 0 spiro atoms. The fourth-order valence-electron chi connectivity index (χ4n) is 2.75. The summed E-state index contributed by atoms with van der Waals surface area (Å²) in [5, 5.41) is 4.22. The van der Waals surface area contributed by atoms with Crippen LogP contribution < -0.4 is 4.90 Å². The molecule has 1 aliphatic heterocycles. The lowest BCUT2D eigenvalue weighted by Gasteiger charge is -2.19. The van der Waals surface area contributed by atoms with Crippen molar-refractivity contribution in [3.63, 3.8) is 0 Å². The zero-order valence-corrected chi connectivity index (χ0v) is 13.2. The number of hydrogen-bond donors (Lipinski definition) is 0. The van der Waals surface area contributed by atoms with Gasteiger partial charge in [-0.05, 0) is 12.1 Å². The van der Waals surface area contributed by atoms with E-state index in [1.807, 2.05) is 18.2 Å². The molecule has 0 saturated carbocycles. The predicted octanol–water partition coefficient (Wildman–Crippen LogP) is 0.827. The molecule has 1 aliphatic rings. The quantitative estimate of drug-likeness (QED) is 0.838. The maximum absolute atomic E-state index is 12.6. The Labute approximate surface area is 134 Å². The average Bonchev–Trinajstić information content (AvgIpc) is 3.14. The second-order valence-electron chi connectivity index (χ2n) is 5.74. The molecule has 1 unspecified atom stereocenters. The third kappa shape index (κ3) is 3.23. The third-order valence-corrected chi connectivity index (χ3v) is 4.02. The van der Waals surface area contributed by atoms with Gasteiger partial charge in [-0.2, -0.15) is 5.10 Å². The van der Waals surface area contributed by atoms with Crippen molar-refractivity contribution in [2.45, 2.75) is 13.0 Å². The number of aryl methyl sites for hydroxylation is 1. The van der Waals surface area contributed by atoms with Crippen LogP contribution in [0, 0.1) is 5.92 Å². The predicted molar refractivity (Wildman–Crippen MR) is 84.4 cm³/mol. The normalized spacial score (nSPS) is 17.6. The Morgan fingerprint density at radius 2 is 2.22 bits per heavy atom. The molecule has 0 aliphatic carbocycles. The average molecular weight is 313 g/mol. The number of anilines is 1. The molecule has 7 heteroatoms. The van der Waals surface area contributed by atoms with Gasteiger partial charge in [-0.25, -0.2) is 0 Å². The molecule has 0 bridgehead atoms. The molecule has 2 amide bonds. The van der Waals surface area contributed by atoms with Crippen LogP contribution in [0.5, 0.6) is 0 Å². The number of carbonyl (C=O) groups excluding carboxylic acids is 2. The molecular formula is C16H19N5O2. The molecule has 2 aromatic heterocycles. The summed E-state index contributed by atoms with van der Waals surface area (Å²) in [6, 6.07) is 7.38. The van der Waals surface area contributed by atoms with Crippen LogP contribution in [0.3, 0.4) is 0 Å². The Hall–Kier alpha value is -2.70. The van der Waals surface area contributed by atoms with Gasteiger partial charge in [0.25, 0.3) is 0 Å². The van der Waals surface area contributed by atoms with Crippen LogP contribution in [0.2, 0.25) is 0 Å². The number of pyridine rings is 1. The van der Waals surface area contributed by atoms with Crippen LogP contribution in [0.4, 0.5) is 5.82 Å². The molecule has 0 N–H and O–H groups in total. The molecule has 1 fully saturated rings. The molecule has 3 rings (SSSR count). The topological polar surface area (TPSA) is 71.3 Å². The van der Waals surface area contributed by atoms with Crippen molar-refractivity contribution in [2.24, 2.45) is 13.0 Å². The summed E-state index contributed by atoms with van der Waals surface area (Å²) in [5.74, 6) is 0.162. The third-order valence-electron chi connectivity index (χ3n) is 4.02. The SMILES string of the molecule is CN(C(=O)C1CC(=O)N(Cc2ccccn2)C1)c1ccn(C)n1. The number of amides is 2. The van der Waals surface area contributed by atoms with Gasteiger partial charge in [0, 0.05) is 45.5 Å². The standard InChI is InChI=1S/C16H19N5O2/c1-19-8-6-14(18-19)20(2)16(23)12-9-15(22)21(10-12)11-13-5-3-4-7-17-13/h3-8,12H,9-11H2,1-2H3. The van der Waals surface area contributed by atoms with Crippen LogP contribution in [-0.2, 0) is 23.2 Å². The lowest BCUT2D eigenvalue weighted by Crippen LogP contribution is -2.35. The molecule has 120 valence electrons. The van der Waals surface area contributed by atoms with Gasteiger partial charge in [0.05, 0.1) is 18.2 Å². The fraction of sp³-hybridized carbons (Fsp3) is 0.375. The summed E-state index contributed by atoms with van der Waals surface area (Å²) >= 11 is 0. The first kappa shape index (κ1) is 15.2. The van der Waals surface area contributed by atoms with E-state index in [0.717, 1.165) is 5.69 Å². The van der Waals surface area contributed by atoms with Crippen LogP contribution >= 0.6 is 0 Å². The highest BCUT2D eigenvalue weighted by Crippen LogP contribution is 2.23. The maximum atomic E-state index is 12.6. The number of likely N-dealkylation sites (tertiary alicyclic amines) is 1. The molecule has 2 aromatic rings. The molecule has 1 atom stereocenters. The summed E-state index contributed by atoms with van der Waals surface area (Å²) in [6.45, 7) is 0.863. The summed E-state index contributed by atoms with van der Waals surface area (Å²) in [6.07, 6.45) is 3.72. The number of rotatable bonds is 4. The second kappa shape index (κ2) is 6.20.